The summed E-state index contributed by atoms with van der Waals surface area (Å²) in [4.78, 5) is 2.73. The van der Waals surface area contributed by atoms with Crippen molar-refractivity contribution in [3.8, 4) is 11.4 Å². The monoisotopic (exact) mass is 410 g/mol. The van der Waals surface area contributed by atoms with Crippen LogP contribution in [-0.4, -0.2) is 51.1 Å². The first kappa shape index (κ1) is 21.3. The Morgan fingerprint density at radius 2 is 1.97 bits per heavy atom. The minimum absolute atomic E-state index is 0.438. The molecule has 1 saturated heterocycles. The van der Waals surface area contributed by atoms with Crippen LogP contribution in [0.15, 0.2) is 18.3 Å². The number of likely N-dealkylation sites (tertiary alicyclic amines) is 1. The highest BCUT2D eigenvalue weighted by Crippen LogP contribution is 2.44. The predicted molar refractivity (Wildman–Crippen MR) is 122 cm³/mol. The molecule has 2 fully saturated rings. The van der Waals surface area contributed by atoms with Gasteiger partial charge in [-0.1, -0.05) is 20.8 Å². The third-order valence-electron chi connectivity index (χ3n) is 7.11. The molecule has 0 aromatic carbocycles. The second-order valence-electron chi connectivity index (χ2n) is 10.7. The SMILES string of the molecule is Cc1cnn(C)c1-c1ccc(NCCC2CCC3CN(CCC(C)(C)C)CC23)nn1. The standard InChI is InChI=1S/C24H38N6/c1-17-14-26-29(5)23(17)21-8-9-22(28-27-21)25-12-10-18-6-7-19-15-30(16-20(18)19)13-11-24(2,3)4/h8-9,14,18-20H,6-7,10-13,15-16H2,1-5H3,(H,25,28). The van der Waals surface area contributed by atoms with Crippen LogP contribution in [0.25, 0.3) is 11.4 Å². The highest BCUT2D eigenvalue weighted by molar-refractivity contribution is 5.59. The van der Waals surface area contributed by atoms with Crippen LogP contribution in [0.3, 0.4) is 0 Å². The minimum Gasteiger partial charge on any atom is -0.369 e. The summed E-state index contributed by atoms with van der Waals surface area (Å²) in [5.74, 6) is 3.54. The van der Waals surface area contributed by atoms with E-state index in [2.05, 4.69) is 53.2 Å². The summed E-state index contributed by atoms with van der Waals surface area (Å²) in [6, 6.07) is 4.07. The number of rotatable bonds is 7. The van der Waals surface area contributed by atoms with E-state index in [0.29, 0.717) is 5.41 Å². The molecule has 164 valence electrons. The van der Waals surface area contributed by atoms with Crippen molar-refractivity contribution in [1.82, 2.24) is 24.9 Å². The summed E-state index contributed by atoms with van der Waals surface area (Å²) in [5, 5.41) is 16.6. The van der Waals surface area contributed by atoms with Gasteiger partial charge in [-0.15, -0.1) is 10.2 Å². The van der Waals surface area contributed by atoms with Gasteiger partial charge in [0.05, 0.1) is 11.9 Å². The zero-order valence-corrected chi connectivity index (χ0v) is 19.4. The smallest absolute Gasteiger partial charge is 0.148 e. The van der Waals surface area contributed by atoms with Gasteiger partial charge in [0.25, 0.3) is 0 Å². The molecule has 30 heavy (non-hydrogen) atoms. The molecule has 1 aliphatic heterocycles. The maximum absolute atomic E-state index is 4.42. The second kappa shape index (κ2) is 8.66. The van der Waals surface area contributed by atoms with Crippen LogP contribution in [0.2, 0.25) is 0 Å². The second-order valence-corrected chi connectivity index (χ2v) is 10.7. The van der Waals surface area contributed by atoms with E-state index in [0.717, 1.165) is 47.1 Å². The Bertz CT molecular complexity index is 815. The van der Waals surface area contributed by atoms with Gasteiger partial charge in [0, 0.05) is 26.7 Å². The van der Waals surface area contributed by atoms with Crippen molar-refractivity contribution in [2.75, 3.05) is 31.5 Å². The summed E-state index contributed by atoms with van der Waals surface area (Å²) >= 11 is 0. The van der Waals surface area contributed by atoms with E-state index in [1.54, 1.807) is 0 Å². The van der Waals surface area contributed by atoms with E-state index in [-0.39, 0.29) is 0 Å². The third kappa shape index (κ3) is 4.85. The Kier molecular flexibility index (Phi) is 6.14. The number of aromatic nitrogens is 4. The van der Waals surface area contributed by atoms with Gasteiger partial charge < -0.3 is 10.2 Å². The van der Waals surface area contributed by atoms with E-state index in [1.165, 1.54) is 45.3 Å². The van der Waals surface area contributed by atoms with Crippen LogP contribution in [0.1, 0.15) is 52.0 Å². The number of aryl methyl sites for hydroxylation is 2. The summed E-state index contributed by atoms with van der Waals surface area (Å²) in [6.07, 6.45) is 7.21. The molecule has 0 bridgehead atoms. The molecule has 4 rings (SSSR count). The molecule has 0 radical (unpaired) electrons. The van der Waals surface area contributed by atoms with Crippen molar-refractivity contribution >= 4 is 5.82 Å². The van der Waals surface area contributed by atoms with Crippen molar-refractivity contribution in [3.63, 3.8) is 0 Å². The van der Waals surface area contributed by atoms with Crippen molar-refractivity contribution in [2.45, 2.75) is 53.4 Å². The molecule has 1 saturated carbocycles. The molecule has 1 N–H and O–H groups in total. The molecular weight excluding hydrogens is 372 g/mol. The molecule has 0 amide bonds. The van der Waals surface area contributed by atoms with Crippen LogP contribution in [0.4, 0.5) is 5.82 Å². The van der Waals surface area contributed by atoms with Crippen molar-refractivity contribution in [2.24, 2.45) is 30.2 Å². The van der Waals surface area contributed by atoms with Gasteiger partial charge in [0.15, 0.2) is 0 Å². The summed E-state index contributed by atoms with van der Waals surface area (Å²) in [7, 11) is 1.94. The van der Waals surface area contributed by atoms with E-state index in [4.69, 9.17) is 0 Å². The van der Waals surface area contributed by atoms with Gasteiger partial charge in [-0.3, -0.25) is 4.68 Å². The largest absolute Gasteiger partial charge is 0.369 e. The minimum atomic E-state index is 0.438. The topological polar surface area (TPSA) is 58.9 Å². The van der Waals surface area contributed by atoms with Crippen LogP contribution in [0, 0.1) is 30.1 Å². The lowest BCUT2D eigenvalue weighted by atomic mass is 9.90. The molecule has 0 spiro atoms. The molecule has 6 nitrogen and oxygen atoms in total. The first-order valence-corrected chi connectivity index (χ1v) is 11.6. The van der Waals surface area contributed by atoms with Crippen LogP contribution in [0.5, 0.6) is 0 Å². The fourth-order valence-corrected chi connectivity index (χ4v) is 5.36. The van der Waals surface area contributed by atoms with Gasteiger partial charge >= 0.3 is 0 Å². The maximum Gasteiger partial charge on any atom is 0.148 e. The molecule has 2 aromatic heterocycles. The van der Waals surface area contributed by atoms with Gasteiger partial charge in [-0.25, -0.2) is 0 Å². The normalized spacial score (nSPS) is 24.4. The zero-order chi connectivity index (χ0) is 21.3. The molecule has 2 aromatic rings. The van der Waals surface area contributed by atoms with Gasteiger partial charge in [-0.2, -0.15) is 5.10 Å². The Morgan fingerprint density at radius 1 is 1.13 bits per heavy atom. The summed E-state index contributed by atoms with van der Waals surface area (Å²) in [6.45, 7) is 14.0. The van der Waals surface area contributed by atoms with Gasteiger partial charge in [0.1, 0.15) is 11.5 Å². The van der Waals surface area contributed by atoms with Crippen molar-refractivity contribution < 1.29 is 0 Å². The average molecular weight is 411 g/mol. The lowest BCUT2D eigenvalue weighted by molar-refractivity contribution is 0.240. The van der Waals surface area contributed by atoms with E-state index in [1.807, 2.05) is 30.1 Å². The van der Waals surface area contributed by atoms with E-state index in [9.17, 15) is 0 Å². The lowest BCUT2D eigenvalue weighted by Crippen LogP contribution is -2.27. The van der Waals surface area contributed by atoms with Crippen molar-refractivity contribution in [3.05, 3.63) is 23.9 Å². The highest BCUT2D eigenvalue weighted by atomic mass is 15.3. The fourth-order valence-electron chi connectivity index (χ4n) is 5.36. The predicted octanol–water partition coefficient (Wildman–Crippen LogP) is 4.38. The Morgan fingerprint density at radius 3 is 2.63 bits per heavy atom. The first-order chi connectivity index (χ1) is 14.3. The Hall–Kier alpha value is -1.95. The number of anilines is 1. The molecule has 2 aliphatic rings. The van der Waals surface area contributed by atoms with Gasteiger partial charge in [0.2, 0.25) is 0 Å². The molecule has 6 heteroatoms. The average Bonchev–Trinajstić information content (AvgIpc) is 3.36. The molecule has 3 unspecified atom stereocenters. The zero-order valence-electron chi connectivity index (χ0n) is 19.4. The molecule has 3 atom stereocenters. The quantitative estimate of drug-likeness (QED) is 0.734. The molecular formula is C24H38N6. The number of nitrogens with zero attached hydrogens (tertiary/aromatic N) is 5. The Balaban J connectivity index is 1.25. The van der Waals surface area contributed by atoms with Crippen LogP contribution in [-0.2, 0) is 7.05 Å². The first-order valence-electron chi connectivity index (χ1n) is 11.6. The Labute approximate surface area is 181 Å². The number of fused-ring (bicyclic) bond motifs is 1. The van der Waals surface area contributed by atoms with E-state index < -0.39 is 0 Å². The van der Waals surface area contributed by atoms with Gasteiger partial charge in [-0.05, 0) is 80.0 Å². The lowest BCUT2D eigenvalue weighted by Gasteiger charge is -2.24. The maximum atomic E-state index is 4.42. The van der Waals surface area contributed by atoms with Crippen molar-refractivity contribution in [1.29, 1.82) is 0 Å². The number of nitrogens with one attached hydrogen (secondary N) is 1. The summed E-state index contributed by atoms with van der Waals surface area (Å²) < 4.78 is 1.86. The number of hydrogen-bond acceptors (Lipinski definition) is 5. The molecule has 1 aliphatic carbocycles. The number of hydrogen-bond donors (Lipinski definition) is 1. The van der Waals surface area contributed by atoms with E-state index >= 15 is 0 Å². The highest BCUT2D eigenvalue weighted by Gasteiger charge is 2.41. The van der Waals surface area contributed by atoms with Crippen LogP contribution >= 0.6 is 0 Å². The van der Waals surface area contributed by atoms with Crippen LogP contribution < -0.4 is 5.32 Å². The summed E-state index contributed by atoms with van der Waals surface area (Å²) in [5.41, 5.74) is 3.46. The third-order valence-corrected chi connectivity index (χ3v) is 7.11. The molecule has 3 heterocycles. The fraction of sp³-hybridized carbons (Fsp3) is 0.708.